The van der Waals surface area contributed by atoms with Gasteiger partial charge in [-0.25, -0.2) is 9.48 Å². The molecule has 3 aromatic rings. The highest BCUT2D eigenvalue weighted by Gasteiger charge is 2.34. The molecule has 36 heavy (non-hydrogen) atoms. The summed E-state index contributed by atoms with van der Waals surface area (Å²) in [5, 5.41) is 14.6. The van der Waals surface area contributed by atoms with Crippen LogP contribution in [0.25, 0.3) is 11.3 Å². The third kappa shape index (κ3) is 5.27. The molecule has 4 rings (SSSR count). The van der Waals surface area contributed by atoms with E-state index >= 15 is 0 Å². The molecule has 6 nitrogen and oxygen atoms in total. The normalized spacial score (nSPS) is 18.3. The zero-order valence-corrected chi connectivity index (χ0v) is 21.5. The van der Waals surface area contributed by atoms with Crippen LogP contribution in [0.15, 0.2) is 66.9 Å². The maximum Gasteiger partial charge on any atom is 0.341 e. The van der Waals surface area contributed by atoms with Crippen LogP contribution in [-0.4, -0.2) is 32.8 Å². The number of rotatable bonds is 7. The molecule has 0 radical (unpaired) electrons. The minimum Gasteiger partial charge on any atom is -0.477 e. The number of carboxylic acid groups (broad SMARTS) is 1. The summed E-state index contributed by atoms with van der Waals surface area (Å²) < 4.78 is 1.56. The van der Waals surface area contributed by atoms with E-state index < -0.39 is 5.97 Å². The number of nitrogens with zero attached hydrogens (tertiary/aromatic N) is 3. The second-order valence-corrected chi connectivity index (χ2v) is 9.99. The molecule has 1 fully saturated rings. The van der Waals surface area contributed by atoms with E-state index in [2.05, 4.69) is 30.2 Å². The number of carbonyl (C=O) groups is 2. The maximum absolute atomic E-state index is 13.5. The van der Waals surface area contributed by atoms with E-state index in [1.165, 1.54) is 6.20 Å². The maximum atomic E-state index is 13.5. The molecule has 0 atom stereocenters. The molecule has 1 saturated carbocycles. The van der Waals surface area contributed by atoms with Gasteiger partial charge in [-0.15, -0.1) is 5.10 Å². The second-order valence-electron chi connectivity index (χ2n) is 9.99. The molecule has 0 unspecified atom stereocenters. The first-order valence-corrected chi connectivity index (χ1v) is 12.8. The van der Waals surface area contributed by atoms with Crippen LogP contribution in [0.1, 0.15) is 74.9 Å². The first-order valence-electron chi connectivity index (χ1n) is 12.8. The Kier molecular flexibility index (Phi) is 7.73. The van der Waals surface area contributed by atoms with Crippen LogP contribution in [0.2, 0.25) is 0 Å². The summed E-state index contributed by atoms with van der Waals surface area (Å²) in [6.07, 6.45) is 7.30. The minimum absolute atomic E-state index is 0.0272. The lowest BCUT2D eigenvalue weighted by molar-refractivity contribution is -0.124. The molecule has 6 heteroatoms. The fraction of sp³-hybridized carbons (Fsp3) is 0.367. The molecule has 1 aliphatic carbocycles. The van der Waals surface area contributed by atoms with Gasteiger partial charge in [-0.2, -0.15) is 0 Å². The first-order chi connectivity index (χ1) is 17.3. The summed E-state index contributed by atoms with van der Waals surface area (Å²) in [4.78, 5) is 27.3. The number of aromatic nitrogens is 2. The Balaban J connectivity index is 1.66. The van der Waals surface area contributed by atoms with Gasteiger partial charge in [-0.1, -0.05) is 55.5 Å². The summed E-state index contributed by atoms with van der Waals surface area (Å²) in [5.74, 6) is -0.372. The highest BCUT2D eigenvalue weighted by atomic mass is 16.4. The minimum atomic E-state index is -1.09. The van der Waals surface area contributed by atoms with Gasteiger partial charge in [0.15, 0.2) is 5.82 Å². The number of aromatic carboxylic acids is 1. The van der Waals surface area contributed by atoms with E-state index in [4.69, 9.17) is 0 Å². The van der Waals surface area contributed by atoms with E-state index in [9.17, 15) is 14.7 Å². The highest BCUT2D eigenvalue weighted by Crippen LogP contribution is 2.33. The van der Waals surface area contributed by atoms with Gasteiger partial charge in [0.2, 0.25) is 5.91 Å². The molecule has 1 aliphatic rings. The van der Waals surface area contributed by atoms with Crippen LogP contribution >= 0.6 is 0 Å². The fourth-order valence-corrected chi connectivity index (χ4v) is 5.04. The van der Waals surface area contributed by atoms with E-state index in [-0.39, 0.29) is 29.2 Å². The SMILES string of the molecule is C/C=C(/c1ccccc1)c1ccc(-n2cc(C(=O)O)c(N(C(=O)C3CCC(C)CC3)C(C)C)n2)cc1. The Morgan fingerprint density at radius 3 is 2.17 bits per heavy atom. The monoisotopic (exact) mass is 485 g/mol. The lowest BCUT2D eigenvalue weighted by Gasteiger charge is -2.32. The van der Waals surface area contributed by atoms with Crippen LogP contribution in [0.3, 0.4) is 0 Å². The second kappa shape index (κ2) is 10.9. The van der Waals surface area contributed by atoms with Gasteiger partial charge < -0.3 is 5.11 Å². The van der Waals surface area contributed by atoms with Crippen molar-refractivity contribution < 1.29 is 14.7 Å². The quantitative estimate of drug-likeness (QED) is 0.410. The number of benzene rings is 2. The van der Waals surface area contributed by atoms with Crippen molar-refractivity contribution in [1.29, 1.82) is 0 Å². The van der Waals surface area contributed by atoms with Crippen LogP contribution < -0.4 is 4.90 Å². The van der Waals surface area contributed by atoms with Crippen molar-refractivity contribution in [3.8, 4) is 5.69 Å². The molecule has 1 aromatic heterocycles. The summed E-state index contributed by atoms with van der Waals surface area (Å²) in [6.45, 7) is 8.05. The van der Waals surface area contributed by atoms with Crippen molar-refractivity contribution in [2.75, 3.05) is 4.90 Å². The van der Waals surface area contributed by atoms with Gasteiger partial charge in [0.1, 0.15) is 5.56 Å². The summed E-state index contributed by atoms with van der Waals surface area (Å²) in [6, 6.07) is 17.8. The van der Waals surface area contributed by atoms with Gasteiger partial charge in [0.05, 0.1) is 5.69 Å². The largest absolute Gasteiger partial charge is 0.477 e. The lowest BCUT2D eigenvalue weighted by Crippen LogP contribution is -2.43. The Bertz CT molecular complexity index is 1230. The van der Waals surface area contributed by atoms with E-state index in [0.717, 1.165) is 48.1 Å². The summed E-state index contributed by atoms with van der Waals surface area (Å²) in [7, 11) is 0. The van der Waals surface area contributed by atoms with Gasteiger partial charge in [0.25, 0.3) is 0 Å². The van der Waals surface area contributed by atoms with Gasteiger partial charge in [-0.3, -0.25) is 9.69 Å². The number of allylic oxidation sites excluding steroid dienone is 1. The number of amides is 1. The number of carboxylic acids is 1. The standard InChI is InChI=1S/C30H35N3O3/c1-5-26(22-9-7-6-8-10-22)23-15-17-25(18-16-23)32-19-27(30(35)36)28(31-32)33(20(2)3)29(34)24-13-11-21(4)12-14-24/h5-10,15-21,24H,11-14H2,1-4H3,(H,35,36)/b26-5-. The Morgan fingerprint density at radius 1 is 1.00 bits per heavy atom. The van der Waals surface area contributed by atoms with Gasteiger partial charge in [-0.05, 0) is 81.2 Å². The Labute approximate surface area is 213 Å². The summed E-state index contributed by atoms with van der Waals surface area (Å²) in [5.41, 5.74) is 4.07. The molecular formula is C30H35N3O3. The summed E-state index contributed by atoms with van der Waals surface area (Å²) >= 11 is 0. The highest BCUT2D eigenvalue weighted by molar-refractivity contribution is 6.01. The molecule has 1 heterocycles. The molecule has 0 aliphatic heterocycles. The number of hydrogen-bond acceptors (Lipinski definition) is 3. The van der Waals surface area contributed by atoms with Crippen molar-refractivity contribution in [2.45, 2.75) is 59.4 Å². The molecule has 1 N–H and O–H groups in total. The predicted molar refractivity (Wildman–Crippen MR) is 143 cm³/mol. The smallest absolute Gasteiger partial charge is 0.341 e. The Morgan fingerprint density at radius 2 is 1.61 bits per heavy atom. The van der Waals surface area contributed by atoms with E-state index in [1.54, 1.807) is 9.58 Å². The molecule has 0 bridgehead atoms. The zero-order valence-electron chi connectivity index (χ0n) is 21.5. The van der Waals surface area contributed by atoms with E-state index in [1.807, 2.05) is 63.2 Å². The number of anilines is 1. The average Bonchev–Trinajstić information content (AvgIpc) is 3.31. The first kappa shape index (κ1) is 25.4. The number of carbonyl (C=O) groups excluding carboxylic acids is 1. The van der Waals surface area contributed by atoms with E-state index in [0.29, 0.717) is 5.92 Å². The van der Waals surface area contributed by atoms with Gasteiger partial charge >= 0.3 is 5.97 Å². The predicted octanol–water partition coefficient (Wildman–Crippen LogP) is 6.59. The lowest BCUT2D eigenvalue weighted by atomic mass is 9.82. The Hall–Kier alpha value is -3.67. The average molecular weight is 486 g/mol. The topological polar surface area (TPSA) is 75.4 Å². The zero-order chi connectivity index (χ0) is 25.8. The van der Waals surface area contributed by atoms with Crippen molar-refractivity contribution in [3.63, 3.8) is 0 Å². The third-order valence-electron chi connectivity index (χ3n) is 7.09. The van der Waals surface area contributed by atoms with Crippen molar-refractivity contribution in [3.05, 3.63) is 83.6 Å². The van der Waals surface area contributed by atoms with Crippen molar-refractivity contribution >= 4 is 23.3 Å². The van der Waals surface area contributed by atoms with Crippen LogP contribution in [-0.2, 0) is 4.79 Å². The number of hydrogen-bond donors (Lipinski definition) is 1. The molecule has 2 aromatic carbocycles. The van der Waals surface area contributed by atoms with Crippen molar-refractivity contribution in [1.82, 2.24) is 9.78 Å². The fourth-order valence-electron chi connectivity index (χ4n) is 5.04. The van der Waals surface area contributed by atoms with Crippen LogP contribution in [0.5, 0.6) is 0 Å². The molecule has 1 amide bonds. The van der Waals surface area contributed by atoms with Crippen LogP contribution in [0, 0.1) is 11.8 Å². The van der Waals surface area contributed by atoms with Crippen molar-refractivity contribution in [2.24, 2.45) is 11.8 Å². The van der Waals surface area contributed by atoms with Gasteiger partial charge in [0, 0.05) is 18.2 Å². The third-order valence-corrected chi connectivity index (χ3v) is 7.09. The van der Waals surface area contributed by atoms with Crippen LogP contribution in [0.4, 0.5) is 5.82 Å². The molecule has 0 spiro atoms. The molecular weight excluding hydrogens is 450 g/mol. The molecule has 0 saturated heterocycles. The molecule has 188 valence electrons.